The summed E-state index contributed by atoms with van der Waals surface area (Å²) >= 11 is 0. The first kappa shape index (κ1) is 34.2. The lowest BCUT2D eigenvalue weighted by atomic mass is 9.91. The Morgan fingerprint density at radius 1 is 1.00 bits per heavy atom. The van der Waals surface area contributed by atoms with E-state index in [9.17, 15) is 18.6 Å². The summed E-state index contributed by atoms with van der Waals surface area (Å²) in [5.74, 6) is 0.526. The van der Waals surface area contributed by atoms with Crippen LogP contribution in [0.3, 0.4) is 0 Å². The molecular weight excluding hydrogens is 659 g/mol. The topological polar surface area (TPSA) is 173 Å². The third kappa shape index (κ3) is 6.75. The molecule has 13 nitrogen and oxygen atoms in total. The Balaban J connectivity index is 1.24. The SMILES string of the molecule is COC[C@H]1O[C@@H](n2cnc3c(NCC(c4ccccc4)c4ccccc4)nc(CNS(=O)(=O)c4ccc(C)c5c4CNCC5)nc32)[C@H](O)[C@@H]1O. The van der Waals surface area contributed by atoms with Gasteiger partial charge in [-0.25, -0.2) is 28.1 Å². The van der Waals surface area contributed by atoms with Crippen LogP contribution in [0, 0.1) is 6.92 Å². The standard InChI is InChI=1S/C36H41N7O6S/c1-22-13-14-29(27-17-37-16-15-25(22)27)50(46,47)40-19-30-41-34(38-18-26(23-9-5-3-6-10-23)24-11-7-4-8-12-24)31-35(42-30)43(21-39-31)36-33(45)32(44)28(49-36)20-48-2/h3-14,21,26,28,32-33,36-37,40,44-45H,15-20H2,1-2H3,(H,38,41,42)/t28-,32-,33-,36-/m1/s1. The number of sulfonamides is 1. The van der Waals surface area contributed by atoms with Crippen molar-refractivity contribution in [3.8, 4) is 0 Å². The first-order valence-corrected chi connectivity index (χ1v) is 18.1. The summed E-state index contributed by atoms with van der Waals surface area (Å²) in [6, 6.07) is 23.7. The summed E-state index contributed by atoms with van der Waals surface area (Å²) in [5.41, 5.74) is 5.80. The number of aliphatic hydroxyl groups excluding tert-OH is 2. The highest BCUT2D eigenvalue weighted by atomic mass is 32.2. The van der Waals surface area contributed by atoms with Crippen molar-refractivity contribution < 1.29 is 28.1 Å². The van der Waals surface area contributed by atoms with Crippen molar-refractivity contribution >= 4 is 27.0 Å². The molecule has 0 saturated carbocycles. The molecule has 14 heteroatoms. The van der Waals surface area contributed by atoms with E-state index < -0.39 is 34.6 Å². The average Bonchev–Trinajstić information content (AvgIpc) is 3.68. The lowest BCUT2D eigenvalue weighted by Crippen LogP contribution is -2.33. The van der Waals surface area contributed by atoms with Crippen LogP contribution in [0.2, 0.25) is 0 Å². The zero-order chi connectivity index (χ0) is 34.8. The summed E-state index contributed by atoms with van der Waals surface area (Å²) in [6.45, 7) is 3.56. The molecule has 0 amide bonds. The number of fused-ring (bicyclic) bond motifs is 2. The molecule has 0 unspecified atom stereocenters. The fraction of sp³-hybridized carbons (Fsp3) is 0.361. The second-order valence-corrected chi connectivity index (χ2v) is 14.4. The van der Waals surface area contributed by atoms with E-state index in [1.54, 1.807) is 6.07 Å². The van der Waals surface area contributed by atoms with Crippen molar-refractivity contribution in [3.63, 3.8) is 0 Å². The van der Waals surface area contributed by atoms with Gasteiger partial charge in [0.15, 0.2) is 23.2 Å². The number of anilines is 1. The van der Waals surface area contributed by atoms with Crippen LogP contribution in [0.25, 0.3) is 11.2 Å². The maximum atomic E-state index is 13.7. The van der Waals surface area contributed by atoms with E-state index in [1.165, 1.54) is 18.0 Å². The highest BCUT2D eigenvalue weighted by molar-refractivity contribution is 7.89. The largest absolute Gasteiger partial charge is 0.387 e. The van der Waals surface area contributed by atoms with Crippen LogP contribution in [-0.2, 0) is 39.0 Å². The summed E-state index contributed by atoms with van der Waals surface area (Å²) < 4.78 is 42.9. The number of rotatable bonds is 12. The van der Waals surface area contributed by atoms with Gasteiger partial charge in [0.2, 0.25) is 10.0 Å². The van der Waals surface area contributed by atoms with Gasteiger partial charge in [-0.3, -0.25) is 4.57 Å². The predicted molar refractivity (Wildman–Crippen MR) is 187 cm³/mol. The van der Waals surface area contributed by atoms with Gasteiger partial charge in [0.25, 0.3) is 0 Å². The second-order valence-electron chi connectivity index (χ2n) is 12.7. The number of hydrogen-bond donors (Lipinski definition) is 5. The Kier molecular flexibility index (Phi) is 9.93. The van der Waals surface area contributed by atoms with Crippen LogP contribution in [0.1, 0.15) is 45.8 Å². The first-order valence-electron chi connectivity index (χ1n) is 16.6. The van der Waals surface area contributed by atoms with Crippen LogP contribution in [-0.4, -0.2) is 83.3 Å². The minimum atomic E-state index is -3.95. The van der Waals surface area contributed by atoms with E-state index in [2.05, 4.69) is 44.6 Å². The third-order valence-electron chi connectivity index (χ3n) is 9.47. The van der Waals surface area contributed by atoms with Gasteiger partial charge in [-0.2, -0.15) is 0 Å². The van der Waals surface area contributed by atoms with Crippen LogP contribution in [0.5, 0.6) is 0 Å². The molecule has 5 N–H and O–H groups in total. The van der Waals surface area contributed by atoms with Crippen molar-refractivity contribution in [2.45, 2.75) is 61.8 Å². The molecule has 7 rings (SSSR count). The van der Waals surface area contributed by atoms with Crippen LogP contribution >= 0.6 is 0 Å². The minimum Gasteiger partial charge on any atom is -0.387 e. The maximum absolute atomic E-state index is 13.7. The molecule has 3 aromatic carbocycles. The van der Waals surface area contributed by atoms with Crippen LogP contribution in [0.4, 0.5) is 5.82 Å². The lowest BCUT2D eigenvalue weighted by Gasteiger charge is -2.22. The van der Waals surface area contributed by atoms with Gasteiger partial charge in [-0.1, -0.05) is 66.7 Å². The number of nitrogens with zero attached hydrogens (tertiary/aromatic N) is 4. The third-order valence-corrected chi connectivity index (χ3v) is 11.0. The van der Waals surface area contributed by atoms with E-state index in [0.717, 1.165) is 40.8 Å². The molecule has 50 heavy (non-hydrogen) atoms. The van der Waals surface area contributed by atoms with Crippen molar-refractivity contribution in [2.75, 3.05) is 32.1 Å². The Morgan fingerprint density at radius 3 is 2.42 bits per heavy atom. The lowest BCUT2D eigenvalue weighted by molar-refractivity contribution is -0.0580. The molecule has 4 atom stereocenters. The van der Waals surface area contributed by atoms with E-state index in [4.69, 9.17) is 19.4 Å². The molecule has 0 spiro atoms. The molecule has 2 aromatic heterocycles. The van der Waals surface area contributed by atoms with Crippen LogP contribution < -0.4 is 15.4 Å². The Bertz CT molecular complexity index is 2020. The number of ether oxygens (including phenoxy) is 2. The summed E-state index contributed by atoms with van der Waals surface area (Å²) in [5, 5.41) is 28.4. The number of aryl methyl sites for hydroxylation is 1. The number of nitrogens with one attached hydrogen (secondary N) is 3. The molecule has 262 valence electrons. The smallest absolute Gasteiger partial charge is 0.241 e. The average molecular weight is 700 g/mol. The Labute approximate surface area is 290 Å². The van der Waals surface area contributed by atoms with Gasteiger partial charge in [0, 0.05) is 26.1 Å². The normalized spacial score (nSPS) is 20.7. The Hall–Kier alpha value is -4.28. The van der Waals surface area contributed by atoms with Gasteiger partial charge >= 0.3 is 0 Å². The van der Waals surface area contributed by atoms with Crippen molar-refractivity contribution in [1.82, 2.24) is 29.6 Å². The first-order chi connectivity index (χ1) is 24.2. The highest BCUT2D eigenvalue weighted by Crippen LogP contribution is 2.34. The molecule has 4 heterocycles. The molecule has 0 bridgehead atoms. The van der Waals surface area contributed by atoms with E-state index >= 15 is 0 Å². The fourth-order valence-electron chi connectivity index (χ4n) is 6.85. The summed E-state index contributed by atoms with van der Waals surface area (Å²) in [4.78, 5) is 14.3. The zero-order valence-electron chi connectivity index (χ0n) is 27.9. The Morgan fingerprint density at radius 2 is 1.72 bits per heavy atom. The fourth-order valence-corrected chi connectivity index (χ4v) is 8.10. The zero-order valence-corrected chi connectivity index (χ0v) is 28.7. The predicted octanol–water partition coefficient (Wildman–Crippen LogP) is 2.77. The van der Waals surface area contributed by atoms with Gasteiger partial charge in [-0.15, -0.1) is 0 Å². The number of imidazole rings is 1. The van der Waals surface area contributed by atoms with Gasteiger partial charge in [0.1, 0.15) is 24.1 Å². The van der Waals surface area contributed by atoms with Gasteiger partial charge in [0.05, 0.1) is 24.4 Å². The molecule has 2 aliphatic rings. The molecular formula is C36H41N7O6S. The van der Waals surface area contributed by atoms with E-state index in [0.29, 0.717) is 30.1 Å². The number of methoxy groups -OCH3 is 1. The molecule has 0 aliphatic carbocycles. The van der Waals surface area contributed by atoms with Crippen molar-refractivity contribution in [1.29, 1.82) is 0 Å². The van der Waals surface area contributed by atoms with Gasteiger partial charge < -0.3 is 30.3 Å². The second kappa shape index (κ2) is 14.5. The van der Waals surface area contributed by atoms with Gasteiger partial charge in [-0.05, 0) is 53.8 Å². The molecule has 1 fully saturated rings. The monoisotopic (exact) mass is 699 g/mol. The molecule has 0 radical (unpaired) electrons. The highest BCUT2D eigenvalue weighted by Gasteiger charge is 2.44. The van der Waals surface area contributed by atoms with E-state index in [-0.39, 0.29) is 29.8 Å². The number of hydrogen-bond acceptors (Lipinski definition) is 11. The quantitative estimate of drug-likeness (QED) is 0.130. The molecule has 2 aliphatic heterocycles. The number of aliphatic hydroxyl groups is 2. The molecule has 5 aromatic rings. The van der Waals surface area contributed by atoms with Crippen molar-refractivity contribution in [3.05, 3.63) is 113 Å². The minimum absolute atomic E-state index is 0.0438. The summed E-state index contributed by atoms with van der Waals surface area (Å²) in [7, 11) is -2.46. The van der Waals surface area contributed by atoms with Crippen LogP contribution in [0.15, 0.2) is 84.0 Å². The maximum Gasteiger partial charge on any atom is 0.241 e. The summed E-state index contributed by atoms with van der Waals surface area (Å²) in [6.07, 6.45) is -2.04. The number of aromatic nitrogens is 4. The van der Waals surface area contributed by atoms with E-state index in [1.807, 2.05) is 49.4 Å². The van der Waals surface area contributed by atoms with Crippen molar-refractivity contribution in [2.24, 2.45) is 0 Å². The molecule has 1 saturated heterocycles. The number of benzene rings is 3.